The average Bonchev–Trinajstić information content (AvgIpc) is 2.79. The smallest absolute Gasteiger partial charge is 0.0464 e. The van der Waals surface area contributed by atoms with Gasteiger partial charge in [-0.05, 0) is 61.5 Å². The van der Waals surface area contributed by atoms with Crippen molar-refractivity contribution in [3.63, 3.8) is 0 Å². The van der Waals surface area contributed by atoms with E-state index in [4.69, 9.17) is 0 Å². The van der Waals surface area contributed by atoms with E-state index in [0.717, 1.165) is 37.3 Å². The van der Waals surface area contributed by atoms with Crippen LogP contribution in [-0.2, 0) is 5.41 Å². The molecule has 0 aromatic heterocycles. The summed E-state index contributed by atoms with van der Waals surface area (Å²) in [6.07, 6.45) is 11.5. The highest BCUT2D eigenvalue weighted by Gasteiger charge is 2.47. The van der Waals surface area contributed by atoms with Crippen molar-refractivity contribution in [2.24, 2.45) is 17.8 Å². The molecule has 30 heavy (non-hydrogen) atoms. The molecule has 0 radical (unpaired) electrons. The number of rotatable bonds is 14. The Hall–Kier alpha value is -1.50. The summed E-state index contributed by atoms with van der Waals surface area (Å²) in [7, 11) is 0. The second-order valence-corrected chi connectivity index (χ2v) is 9.27. The van der Waals surface area contributed by atoms with E-state index < -0.39 is 0 Å². The van der Waals surface area contributed by atoms with Gasteiger partial charge in [0.2, 0.25) is 0 Å². The van der Waals surface area contributed by atoms with Crippen LogP contribution >= 0.6 is 0 Å². The molecule has 0 amide bonds. The fourth-order valence-electron chi connectivity index (χ4n) is 5.66. The van der Waals surface area contributed by atoms with E-state index in [1.54, 1.807) is 0 Å². The van der Waals surface area contributed by atoms with Gasteiger partial charge in [0.1, 0.15) is 0 Å². The third-order valence-electron chi connectivity index (χ3n) is 8.29. The lowest BCUT2D eigenvalue weighted by atomic mass is 9.59. The number of nitrogens with one attached hydrogen (secondary N) is 1. The molecule has 1 unspecified atom stereocenters. The van der Waals surface area contributed by atoms with Crippen LogP contribution in [0, 0.1) is 17.8 Å². The van der Waals surface area contributed by atoms with Crippen molar-refractivity contribution in [1.29, 1.82) is 0 Å². The zero-order valence-electron chi connectivity index (χ0n) is 21.2. The highest BCUT2D eigenvalue weighted by Crippen LogP contribution is 2.46. The Morgan fingerprint density at radius 2 is 1.47 bits per heavy atom. The lowest BCUT2D eigenvalue weighted by Gasteiger charge is -2.52. The van der Waals surface area contributed by atoms with Gasteiger partial charge in [0.05, 0.1) is 0 Å². The first-order chi connectivity index (χ1) is 14.3. The van der Waals surface area contributed by atoms with Crippen LogP contribution in [0.1, 0.15) is 99.5 Å². The summed E-state index contributed by atoms with van der Waals surface area (Å²) < 4.78 is 0. The molecular formula is C29H49N. The monoisotopic (exact) mass is 411 g/mol. The topological polar surface area (TPSA) is 12.0 Å². The van der Waals surface area contributed by atoms with Crippen molar-refractivity contribution in [2.75, 3.05) is 0 Å². The molecule has 1 aromatic rings. The zero-order chi connectivity index (χ0) is 22.8. The Morgan fingerprint density at radius 1 is 0.900 bits per heavy atom. The molecule has 0 heterocycles. The Bertz CT molecular complexity index is 634. The van der Waals surface area contributed by atoms with Gasteiger partial charge in [0.15, 0.2) is 0 Å². The first kappa shape index (κ1) is 26.5. The van der Waals surface area contributed by atoms with E-state index in [1.165, 1.54) is 18.4 Å². The van der Waals surface area contributed by atoms with Crippen LogP contribution in [0.15, 0.2) is 54.8 Å². The Labute approximate surface area is 188 Å². The Morgan fingerprint density at radius 3 is 1.90 bits per heavy atom. The molecule has 0 aliphatic heterocycles. The van der Waals surface area contributed by atoms with Crippen LogP contribution in [0.2, 0.25) is 0 Å². The predicted octanol–water partition coefficient (Wildman–Crippen LogP) is 8.67. The normalized spacial score (nSPS) is 15.7. The predicted molar refractivity (Wildman–Crippen MR) is 136 cm³/mol. The average molecular weight is 412 g/mol. The minimum Gasteiger partial charge on any atom is -0.379 e. The van der Waals surface area contributed by atoms with Crippen LogP contribution in [-0.4, -0.2) is 5.54 Å². The third kappa shape index (κ3) is 5.59. The van der Waals surface area contributed by atoms with Crippen molar-refractivity contribution in [2.45, 2.75) is 105 Å². The summed E-state index contributed by atoms with van der Waals surface area (Å²) in [5, 5.41) is 3.95. The summed E-state index contributed by atoms with van der Waals surface area (Å²) in [6, 6.07) is 11.1. The Balaban J connectivity index is 3.21. The van der Waals surface area contributed by atoms with Gasteiger partial charge < -0.3 is 5.32 Å². The minimum absolute atomic E-state index is 0.0106. The van der Waals surface area contributed by atoms with Crippen molar-refractivity contribution >= 4 is 0 Å². The molecule has 0 fully saturated rings. The van der Waals surface area contributed by atoms with E-state index >= 15 is 0 Å². The van der Waals surface area contributed by atoms with Crippen molar-refractivity contribution in [3.8, 4) is 0 Å². The molecule has 1 rings (SSSR count). The van der Waals surface area contributed by atoms with Crippen LogP contribution in [0.4, 0.5) is 0 Å². The van der Waals surface area contributed by atoms with Gasteiger partial charge in [-0.2, -0.15) is 0 Å². The van der Waals surface area contributed by atoms with Crippen molar-refractivity contribution in [1.82, 2.24) is 5.32 Å². The van der Waals surface area contributed by atoms with Crippen LogP contribution in [0.5, 0.6) is 0 Å². The third-order valence-corrected chi connectivity index (χ3v) is 8.29. The molecule has 1 N–H and O–H groups in total. The molecule has 3 atom stereocenters. The second kappa shape index (κ2) is 12.4. The fraction of sp³-hybridized carbons (Fsp3) is 0.655. The van der Waals surface area contributed by atoms with Gasteiger partial charge >= 0.3 is 0 Å². The summed E-state index contributed by atoms with van der Waals surface area (Å²) in [5.41, 5.74) is 2.57. The van der Waals surface area contributed by atoms with E-state index in [0.29, 0.717) is 11.8 Å². The number of benzene rings is 1. The maximum atomic E-state index is 4.44. The molecule has 0 saturated heterocycles. The van der Waals surface area contributed by atoms with Crippen LogP contribution in [0.25, 0.3) is 0 Å². The standard InChI is InChI=1S/C29H49N/c1-10-23(7)25(9)26(11-2)22-21-24(8)30-29(14-5,15-6)28(12-3,13-4)27-19-17-16-18-20-27/h16-23,25-26,30H,8,10-15H2,1-7,9H3/t23-,25+,26?/m0/s1. The lowest BCUT2D eigenvalue weighted by Crippen LogP contribution is -2.59. The first-order valence-corrected chi connectivity index (χ1v) is 12.5. The number of hydrogen-bond donors (Lipinski definition) is 1. The quantitative estimate of drug-likeness (QED) is 0.302. The van der Waals surface area contributed by atoms with Crippen molar-refractivity contribution < 1.29 is 0 Å². The molecule has 0 saturated carbocycles. The Kier molecular flexibility index (Phi) is 10.9. The first-order valence-electron chi connectivity index (χ1n) is 12.5. The number of allylic oxidation sites excluding steroid dienone is 2. The molecule has 0 bridgehead atoms. The van der Waals surface area contributed by atoms with Gasteiger partial charge in [0, 0.05) is 16.7 Å². The van der Waals surface area contributed by atoms with Crippen molar-refractivity contribution in [3.05, 3.63) is 60.3 Å². The van der Waals surface area contributed by atoms with Gasteiger partial charge in [-0.15, -0.1) is 0 Å². The highest BCUT2D eigenvalue weighted by atomic mass is 15.0. The summed E-state index contributed by atoms with van der Waals surface area (Å²) >= 11 is 0. The van der Waals surface area contributed by atoms with E-state index in [-0.39, 0.29) is 11.0 Å². The van der Waals surface area contributed by atoms with Gasteiger partial charge in [-0.3, -0.25) is 0 Å². The van der Waals surface area contributed by atoms with E-state index in [9.17, 15) is 0 Å². The summed E-state index contributed by atoms with van der Waals surface area (Å²) in [6.45, 7) is 23.2. The molecule has 1 aromatic carbocycles. The fourth-order valence-corrected chi connectivity index (χ4v) is 5.66. The highest BCUT2D eigenvalue weighted by molar-refractivity contribution is 5.33. The molecule has 1 nitrogen and oxygen atoms in total. The molecule has 0 aliphatic rings. The van der Waals surface area contributed by atoms with Crippen LogP contribution in [0.3, 0.4) is 0 Å². The van der Waals surface area contributed by atoms with Gasteiger partial charge in [-0.25, -0.2) is 0 Å². The summed E-state index contributed by atoms with van der Waals surface area (Å²) in [4.78, 5) is 0. The minimum atomic E-state index is -0.0106. The second-order valence-electron chi connectivity index (χ2n) is 9.27. The molecule has 1 heteroatoms. The number of hydrogen-bond acceptors (Lipinski definition) is 1. The van der Waals surface area contributed by atoms with E-state index in [2.05, 4.69) is 110 Å². The van der Waals surface area contributed by atoms with Gasteiger partial charge in [-0.1, -0.05) is 105 Å². The maximum Gasteiger partial charge on any atom is 0.0464 e. The molecule has 170 valence electrons. The molecule has 0 aliphatic carbocycles. The SMILES string of the molecule is C=C(C=CC(CC)[C@H](C)[C@@H](C)CC)NC(CC)(CC)C(CC)(CC)c1ccccc1. The largest absolute Gasteiger partial charge is 0.379 e. The van der Waals surface area contributed by atoms with Gasteiger partial charge in [0.25, 0.3) is 0 Å². The maximum absolute atomic E-state index is 4.44. The van der Waals surface area contributed by atoms with Crippen LogP contribution < -0.4 is 5.32 Å². The molecule has 0 spiro atoms. The zero-order valence-corrected chi connectivity index (χ0v) is 21.2. The summed E-state index contributed by atoms with van der Waals surface area (Å²) in [5.74, 6) is 2.05. The van der Waals surface area contributed by atoms with E-state index in [1.807, 2.05) is 0 Å². The molecular weight excluding hydrogens is 362 g/mol. The lowest BCUT2D eigenvalue weighted by molar-refractivity contribution is 0.149.